The van der Waals surface area contributed by atoms with E-state index >= 15 is 0 Å². The summed E-state index contributed by atoms with van der Waals surface area (Å²) in [7, 11) is 1.87. The first kappa shape index (κ1) is 13.1. The van der Waals surface area contributed by atoms with Gasteiger partial charge in [0, 0.05) is 12.8 Å². The molecule has 0 bridgehead atoms. The van der Waals surface area contributed by atoms with Gasteiger partial charge in [-0.25, -0.2) is 0 Å². The summed E-state index contributed by atoms with van der Waals surface area (Å²) in [4.78, 5) is 0. The Hall–Kier alpha value is -1.33. The maximum Gasteiger partial charge on any atom is 0.191 e. The summed E-state index contributed by atoms with van der Waals surface area (Å²) in [5, 5.41) is 17.8. The van der Waals surface area contributed by atoms with Crippen LogP contribution in [0.1, 0.15) is 17.0 Å². The molecule has 0 amide bonds. The number of hydrogen-bond acceptors (Lipinski definition) is 4. The van der Waals surface area contributed by atoms with Gasteiger partial charge in [0.15, 0.2) is 11.0 Å². The van der Waals surface area contributed by atoms with Crippen molar-refractivity contribution in [3.8, 4) is 0 Å². The lowest BCUT2D eigenvalue weighted by Gasteiger charge is -2.03. The second kappa shape index (κ2) is 6.02. The molecule has 96 valence electrons. The van der Waals surface area contributed by atoms with Crippen LogP contribution in [0.3, 0.4) is 0 Å². The van der Waals surface area contributed by atoms with E-state index in [0.29, 0.717) is 5.82 Å². The Kier molecular flexibility index (Phi) is 4.38. The number of thioether (sulfide) groups is 1. The molecule has 1 N–H and O–H groups in total. The maximum absolute atomic E-state index is 9.03. The van der Waals surface area contributed by atoms with Crippen LogP contribution in [0.15, 0.2) is 29.4 Å². The zero-order chi connectivity index (χ0) is 13.0. The molecule has 4 nitrogen and oxygen atoms in total. The highest BCUT2D eigenvalue weighted by atomic mass is 32.2. The van der Waals surface area contributed by atoms with E-state index in [2.05, 4.69) is 41.4 Å². The van der Waals surface area contributed by atoms with Gasteiger partial charge in [-0.2, -0.15) is 0 Å². The molecule has 2 aromatic rings. The minimum Gasteiger partial charge on any atom is -0.388 e. The van der Waals surface area contributed by atoms with Gasteiger partial charge in [-0.15, -0.1) is 10.2 Å². The first-order valence-electron chi connectivity index (χ1n) is 5.88. The average molecular weight is 263 g/mol. The molecule has 0 aliphatic rings. The summed E-state index contributed by atoms with van der Waals surface area (Å²) in [5.74, 6) is 1.56. The number of rotatable bonds is 5. The molecule has 0 unspecified atom stereocenters. The Bertz CT molecular complexity index is 507. The Morgan fingerprint density at radius 3 is 2.56 bits per heavy atom. The molecule has 0 saturated carbocycles. The largest absolute Gasteiger partial charge is 0.388 e. The quantitative estimate of drug-likeness (QED) is 0.838. The van der Waals surface area contributed by atoms with Crippen LogP contribution in [-0.4, -0.2) is 25.6 Å². The highest BCUT2D eigenvalue weighted by molar-refractivity contribution is 7.99. The van der Waals surface area contributed by atoms with Gasteiger partial charge in [-0.3, -0.25) is 0 Å². The molecular formula is C13H17N3OS. The van der Waals surface area contributed by atoms with Crippen LogP contribution < -0.4 is 0 Å². The number of nitrogens with zero attached hydrogens (tertiary/aromatic N) is 3. The fourth-order valence-corrected chi connectivity index (χ4v) is 2.54. The molecule has 0 fully saturated rings. The predicted molar refractivity (Wildman–Crippen MR) is 72.5 cm³/mol. The van der Waals surface area contributed by atoms with Crippen LogP contribution in [0.4, 0.5) is 0 Å². The molecule has 0 saturated heterocycles. The van der Waals surface area contributed by atoms with Gasteiger partial charge in [-0.05, 0) is 18.9 Å². The van der Waals surface area contributed by atoms with Crippen molar-refractivity contribution in [1.82, 2.24) is 14.8 Å². The Labute approximate surface area is 111 Å². The van der Waals surface area contributed by atoms with Crippen LogP contribution in [-0.2, 0) is 20.1 Å². The molecule has 1 heterocycles. The number of benzene rings is 1. The van der Waals surface area contributed by atoms with Gasteiger partial charge < -0.3 is 9.67 Å². The number of aliphatic hydroxyl groups is 1. The third kappa shape index (κ3) is 3.11. The summed E-state index contributed by atoms with van der Waals surface area (Å²) >= 11 is 1.66. The smallest absolute Gasteiger partial charge is 0.191 e. The molecular weight excluding hydrogens is 246 g/mol. The molecule has 0 aliphatic heterocycles. The van der Waals surface area contributed by atoms with Crippen molar-refractivity contribution >= 4 is 11.8 Å². The third-order valence-electron chi connectivity index (χ3n) is 2.81. The number of aromatic nitrogens is 3. The second-order valence-electron chi connectivity index (χ2n) is 4.20. The Morgan fingerprint density at radius 1 is 1.22 bits per heavy atom. The Morgan fingerprint density at radius 2 is 1.94 bits per heavy atom. The molecule has 5 heteroatoms. The van der Waals surface area contributed by atoms with Gasteiger partial charge in [0.2, 0.25) is 0 Å². The standard InChI is InChI=1S/C13H17N3OS/c1-10-3-5-11(6-4-10)7-8-18-13-15-14-12(9-17)16(13)2/h3-6,17H,7-9H2,1-2H3. The highest BCUT2D eigenvalue weighted by Gasteiger charge is 2.07. The van der Waals surface area contributed by atoms with Crippen molar-refractivity contribution in [1.29, 1.82) is 0 Å². The molecule has 2 rings (SSSR count). The van der Waals surface area contributed by atoms with Crippen molar-refractivity contribution < 1.29 is 5.11 Å². The second-order valence-corrected chi connectivity index (χ2v) is 5.26. The van der Waals surface area contributed by atoms with Crippen molar-refractivity contribution in [3.05, 3.63) is 41.2 Å². The van der Waals surface area contributed by atoms with E-state index in [1.54, 1.807) is 11.8 Å². The molecule has 18 heavy (non-hydrogen) atoms. The zero-order valence-electron chi connectivity index (χ0n) is 10.6. The third-order valence-corrected chi connectivity index (χ3v) is 3.83. The minimum atomic E-state index is -0.0674. The fourth-order valence-electron chi connectivity index (χ4n) is 1.62. The first-order chi connectivity index (χ1) is 8.70. The maximum atomic E-state index is 9.03. The Balaban J connectivity index is 1.88. The molecule has 0 spiro atoms. The van der Waals surface area contributed by atoms with Gasteiger partial charge in [0.05, 0.1) is 0 Å². The van der Waals surface area contributed by atoms with Gasteiger partial charge in [0.1, 0.15) is 6.61 Å². The fraction of sp³-hybridized carbons (Fsp3) is 0.385. The number of aryl methyl sites for hydroxylation is 2. The molecule has 1 aromatic carbocycles. The van der Waals surface area contributed by atoms with Gasteiger partial charge in [0.25, 0.3) is 0 Å². The van der Waals surface area contributed by atoms with Crippen LogP contribution in [0.2, 0.25) is 0 Å². The van der Waals surface area contributed by atoms with E-state index in [1.165, 1.54) is 11.1 Å². The average Bonchev–Trinajstić information content (AvgIpc) is 2.73. The van der Waals surface area contributed by atoms with E-state index in [1.807, 2.05) is 11.6 Å². The minimum absolute atomic E-state index is 0.0674. The normalized spacial score (nSPS) is 10.8. The first-order valence-corrected chi connectivity index (χ1v) is 6.86. The van der Waals surface area contributed by atoms with E-state index in [0.717, 1.165) is 17.3 Å². The molecule has 0 radical (unpaired) electrons. The van der Waals surface area contributed by atoms with Gasteiger partial charge in [-0.1, -0.05) is 41.6 Å². The lowest BCUT2D eigenvalue weighted by Crippen LogP contribution is -1.99. The summed E-state index contributed by atoms with van der Waals surface area (Å²) in [6.07, 6.45) is 1.01. The summed E-state index contributed by atoms with van der Waals surface area (Å²) in [5.41, 5.74) is 2.62. The van der Waals surface area contributed by atoms with Gasteiger partial charge >= 0.3 is 0 Å². The number of aliphatic hydroxyl groups excluding tert-OH is 1. The van der Waals surface area contributed by atoms with E-state index < -0.39 is 0 Å². The van der Waals surface area contributed by atoms with E-state index in [-0.39, 0.29) is 6.61 Å². The SMILES string of the molecule is Cc1ccc(CCSc2nnc(CO)n2C)cc1. The summed E-state index contributed by atoms with van der Waals surface area (Å²) in [6, 6.07) is 8.58. The topological polar surface area (TPSA) is 50.9 Å². The zero-order valence-corrected chi connectivity index (χ0v) is 11.4. The lowest BCUT2D eigenvalue weighted by molar-refractivity contribution is 0.266. The molecule has 0 atom stereocenters. The summed E-state index contributed by atoms with van der Waals surface area (Å²) < 4.78 is 1.83. The van der Waals surface area contributed by atoms with Crippen LogP contribution in [0.5, 0.6) is 0 Å². The highest BCUT2D eigenvalue weighted by Crippen LogP contribution is 2.17. The molecule has 0 aliphatic carbocycles. The number of hydrogen-bond donors (Lipinski definition) is 1. The van der Waals surface area contributed by atoms with E-state index in [4.69, 9.17) is 5.11 Å². The molecule has 1 aromatic heterocycles. The van der Waals surface area contributed by atoms with E-state index in [9.17, 15) is 0 Å². The monoisotopic (exact) mass is 263 g/mol. The van der Waals surface area contributed by atoms with Crippen LogP contribution in [0.25, 0.3) is 0 Å². The van der Waals surface area contributed by atoms with Crippen LogP contribution in [0, 0.1) is 6.92 Å². The summed E-state index contributed by atoms with van der Waals surface area (Å²) in [6.45, 7) is 2.02. The van der Waals surface area contributed by atoms with Crippen LogP contribution >= 0.6 is 11.8 Å². The van der Waals surface area contributed by atoms with Crippen molar-refractivity contribution in [2.45, 2.75) is 25.1 Å². The van der Waals surface area contributed by atoms with Crippen molar-refractivity contribution in [2.24, 2.45) is 7.05 Å². The van der Waals surface area contributed by atoms with Crippen molar-refractivity contribution in [2.75, 3.05) is 5.75 Å². The predicted octanol–water partition coefficient (Wildman–Crippen LogP) is 1.95. The lowest BCUT2D eigenvalue weighted by atomic mass is 10.1. The van der Waals surface area contributed by atoms with Crippen molar-refractivity contribution in [3.63, 3.8) is 0 Å².